The predicted octanol–water partition coefficient (Wildman–Crippen LogP) is 6.88. The van der Waals surface area contributed by atoms with Crippen molar-refractivity contribution in [2.75, 3.05) is 0 Å². The number of carbonyl (C=O) groups is 1. The number of carbonyl (C=O) groups excluding carboxylic acids is 1. The van der Waals surface area contributed by atoms with Crippen LogP contribution in [0.3, 0.4) is 0 Å². The largest absolute Gasteiger partial charge is 0.514 e. The molecule has 0 aliphatic heterocycles. The molecular weight excluding hydrogens is 343 g/mol. The highest BCUT2D eigenvalue weighted by atomic mass is 19.1. The van der Waals surface area contributed by atoms with Gasteiger partial charge in [-0.25, -0.2) is 9.18 Å². The van der Waals surface area contributed by atoms with Gasteiger partial charge in [-0.05, 0) is 48.9 Å². The Morgan fingerprint density at radius 1 is 1.11 bits per heavy atom. The van der Waals surface area contributed by atoms with Crippen LogP contribution in [0, 0.1) is 31.0 Å². The average Bonchev–Trinajstić information content (AvgIpc) is 2.65. The van der Waals surface area contributed by atoms with Gasteiger partial charge in [-0.3, -0.25) is 0 Å². The van der Waals surface area contributed by atoms with Crippen LogP contribution < -0.4 is 4.74 Å². The van der Waals surface area contributed by atoms with E-state index in [1.807, 2.05) is 41.5 Å². The monoisotopic (exact) mass is 374 g/mol. The minimum absolute atomic E-state index is 0.196. The van der Waals surface area contributed by atoms with E-state index in [4.69, 9.17) is 15.9 Å². The highest BCUT2D eigenvalue weighted by Crippen LogP contribution is 2.29. The molecule has 0 spiro atoms. The molecule has 2 rings (SSSR count). The molecule has 1 unspecified atom stereocenters. The Morgan fingerprint density at radius 3 is 2.22 bits per heavy atom. The first-order chi connectivity index (χ1) is 12.8. The van der Waals surface area contributed by atoms with Crippen molar-refractivity contribution in [3.05, 3.63) is 41.2 Å². The minimum Gasteiger partial charge on any atom is -0.431 e. The zero-order chi connectivity index (χ0) is 21.1. The lowest BCUT2D eigenvalue weighted by molar-refractivity contribution is 0.0466. The normalized spacial score (nSPS) is 10.7. The quantitative estimate of drug-likeness (QED) is 0.334. The summed E-state index contributed by atoms with van der Waals surface area (Å²) in [5.41, 5.74) is 0.942. The summed E-state index contributed by atoms with van der Waals surface area (Å²) >= 11 is 0. The number of hydrogen-bond donors (Lipinski definition) is 0. The maximum atomic E-state index is 13.8. The van der Waals surface area contributed by atoms with Crippen molar-refractivity contribution in [2.45, 2.75) is 61.5 Å². The zero-order valence-corrected chi connectivity index (χ0v) is 17.6. The standard InChI is InChI=1S/C19H19FO3.2C2H6/c1-6-16-17(20)8-7-14-10-15(9-12(4)18(14)16)23-19(21)22-13(5)11(2)3;2*1-2/h1,7-11,13H,2-5H3;2*1-2H3. The van der Waals surface area contributed by atoms with E-state index < -0.39 is 12.0 Å². The molecule has 2 aromatic carbocycles. The molecule has 0 bridgehead atoms. The summed E-state index contributed by atoms with van der Waals surface area (Å²) in [6.45, 7) is 15.5. The Bertz CT molecular complexity index is 788. The van der Waals surface area contributed by atoms with E-state index in [-0.39, 0.29) is 17.6 Å². The number of aryl methyl sites for hydroxylation is 1. The van der Waals surface area contributed by atoms with Gasteiger partial charge in [0.15, 0.2) is 0 Å². The molecule has 0 aliphatic carbocycles. The molecule has 0 amide bonds. The van der Waals surface area contributed by atoms with Crippen molar-refractivity contribution in [3.63, 3.8) is 0 Å². The summed E-state index contributed by atoms with van der Waals surface area (Å²) in [6, 6.07) is 6.20. The lowest BCUT2D eigenvalue weighted by Crippen LogP contribution is -2.22. The van der Waals surface area contributed by atoms with Gasteiger partial charge >= 0.3 is 6.16 Å². The Morgan fingerprint density at radius 2 is 1.70 bits per heavy atom. The molecule has 1 atom stereocenters. The molecule has 0 aliphatic rings. The molecule has 2 aromatic rings. The van der Waals surface area contributed by atoms with Gasteiger partial charge in [0.25, 0.3) is 0 Å². The first-order valence-corrected chi connectivity index (χ1v) is 9.41. The third kappa shape index (κ3) is 6.60. The van der Waals surface area contributed by atoms with Gasteiger partial charge in [0.2, 0.25) is 0 Å². The number of ether oxygens (including phenoxy) is 2. The second-order valence-electron chi connectivity index (χ2n) is 5.82. The maximum absolute atomic E-state index is 13.8. The smallest absolute Gasteiger partial charge is 0.431 e. The molecule has 0 radical (unpaired) electrons. The van der Waals surface area contributed by atoms with E-state index >= 15 is 0 Å². The first kappa shape index (κ1) is 24.5. The molecule has 0 heterocycles. The zero-order valence-electron chi connectivity index (χ0n) is 17.6. The van der Waals surface area contributed by atoms with Crippen molar-refractivity contribution < 1.29 is 18.7 Å². The van der Waals surface area contributed by atoms with Crippen molar-refractivity contribution in [3.8, 4) is 18.1 Å². The van der Waals surface area contributed by atoms with Crippen LogP contribution in [0.15, 0.2) is 24.3 Å². The summed E-state index contributed by atoms with van der Waals surface area (Å²) in [4.78, 5) is 11.8. The van der Waals surface area contributed by atoms with E-state index in [1.54, 1.807) is 32.0 Å². The maximum Gasteiger partial charge on any atom is 0.514 e. The van der Waals surface area contributed by atoms with E-state index in [0.717, 1.165) is 5.56 Å². The topological polar surface area (TPSA) is 35.5 Å². The number of rotatable bonds is 3. The third-order valence-corrected chi connectivity index (χ3v) is 3.80. The van der Waals surface area contributed by atoms with Crippen LogP contribution in [0.5, 0.6) is 5.75 Å². The summed E-state index contributed by atoms with van der Waals surface area (Å²) in [5, 5.41) is 1.35. The van der Waals surface area contributed by atoms with E-state index in [9.17, 15) is 9.18 Å². The van der Waals surface area contributed by atoms with Crippen molar-refractivity contribution in [2.24, 2.45) is 5.92 Å². The fourth-order valence-corrected chi connectivity index (χ4v) is 2.23. The number of fused-ring (bicyclic) bond motifs is 1. The van der Waals surface area contributed by atoms with Crippen LogP contribution in [-0.2, 0) is 4.74 Å². The van der Waals surface area contributed by atoms with Crippen molar-refractivity contribution >= 4 is 16.9 Å². The van der Waals surface area contributed by atoms with E-state index in [1.165, 1.54) is 6.07 Å². The van der Waals surface area contributed by atoms with Gasteiger partial charge in [-0.15, -0.1) is 6.42 Å². The fourth-order valence-electron chi connectivity index (χ4n) is 2.23. The second kappa shape index (κ2) is 12.0. The molecule has 0 N–H and O–H groups in total. The molecule has 4 heteroatoms. The highest BCUT2D eigenvalue weighted by Gasteiger charge is 2.16. The lowest BCUT2D eigenvalue weighted by atomic mass is 9.99. The van der Waals surface area contributed by atoms with Crippen LogP contribution in [0.25, 0.3) is 10.8 Å². The van der Waals surface area contributed by atoms with Crippen LogP contribution in [0.1, 0.15) is 59.6 Å². The molecule has 0 fully saturated rings. The van der Waals surface area contributed by atoms with E-state index in [2.05, 4.69) is 5.92 Å². The van der Waals surface area contributed by atoms with Crippen molar-refractivity contribution in [1.29, 1.82) is 0 Å². The fraction of sp³-hybridized carbons (Fsp3) is 0.435. The van der Waals surface area contributed by atoms with Crippen LogP contribution in [-0.4, -0.2) is 12.3 Å². The number of halogens is 1. The predicted molar refractivity (Wildman–Crippen MR) is 111 cm³/mol. The average molecular weight is 374 g/mol. The summed E-state index contributed by atoms with van der Waals surface area (Å²) in [6.07, 6.45) is 4.39. The van der Waals surface area contributed by atoms with Gasteiger partial charge in [-0.1, -0.05) is 53.5 Å². The second-order valence-corrected chi connectivity index (χ2v) is 5.82. The lowest BCUT2D eigenvalue weighted by Gasteiger charge is -2.16. The molecule has 148 valence electrons. The third-order valence-electron chi connectivity index (χ3n) is 3.80. The SMILES string of the molecule is C#Cc1c(F)ccc2cc(OC(=O)OC(C)C(C)C)cc(C)c12.CC.CC. The molecule has 3 nitrogen and oxygen atoms in total. The summed E-state index contributed by atoms with van der Waals surface area (Å²) in [7, 11) is 0. The Kier molecular flexibility index (Phi) is 10.8. The summed E-state index contributed by atoms with van der Waals surface area (Å²) < 4.78 is 24.2. The van der Waals surface area contributed by atoms with Gasteiger partial charge in [0.05, 0.1) is 5.56 Å². The number of hydrogen-bond acceptors (Lipinski definition) is 3. The highest BCUT2D eigenvalue weighted by molar-refractivity contribution is 5.92. The van der Waals surface area contributed by atoms with Crippen LogP contribution in [0.2, 0.25) is 0 Å². The summed E-state index contributed by atoms with van der Waals surface area (Å²) in [5.74, 6) is 2.46. The molecule has 0 saturated carbocycles. The van der Waals surface area contributed by atoms with Crippen LogP contribution in [0.4, 0.5) is 9.18 Å². The van der Waals surface area contributed by atoms with E-state index in [0.29, 0.717) is 16.5 Å². The van der Waals surface area contributed by atoms with Gasteiger partial charge in [0, 0.05) is 5.39 Å². The number of terminal acetylenes is 1. The molecule has 0 aromatic heterocycles. The van der Waals surface area contributed by atoms with Gasteiger partial charge < -0.3 is 9.47 Å². The minimum atomic E-state index is -0.760. The van der Waals surface area contributed by atoms with Gasteiger partial charge in [-0.2, -0.15) is 0 Å². The Labute approximate surface area is 162 Å². The molecule has 27 heavy (non-hydrogen) atoms. The Balaban J connectivity index is 0.00000158. The molecular formula is C23H31FO3. The number of benzene rings is 2. The molecule has 0 saturated heterocycles. The Hall–Kier alpha value is -2.54. The van der Waals surface area contributed by atoms with Gasteiger partial charge in [0.1, 0.15) is 17.7 Å². The first-order valence-electron chi connectivity index (χ1n) is 9.41. The van der Waals surface area contributed by atoms with Crippen molar-refractivity contribution in [1.82, 2.24) is 0 Å². The van der Waals surface area contributed by atoms with Crippen LogP contribution >= 0.6 is 0 Å².